The lowest BCUT2D eigenvalue weighted by molar-refractivity contribution is 0.499. The predicted molar refractivity (Wildman–Crippen MR) is 59.3 cm³/mol. The van der Waals surface area contributed by atoms with Gasteiger partial charge in [0, 0.05) is 0 Å². The molecule has 0 fully saturated rings. The molecule has 0 aliphatic carbocycles. The molecule has 6 nitrogen and oxygen atoms in total. The van der Waals surface area contributed by atoms with Crippen molar-refractivity contribution in [1.82, 2.24) is 9.71 Å². The molecule has 0 saturated carbocycles. The highest BCUT2D eigenvalue weighted by Crippen LogP contribution is 2.19. The zero-order chi connectivity index (χ0) is 11.6. The summed E-state index contributed by atoms with van der Waals surface area (Å²) >= 11 is 0.917. The highest BCUT2D eigenvalue weighted by molar-refractivity contribution is 7.91. The fourth-order valence-electron chi connectivity index (χ4n) is 1.05. The standard InChI is InChI=1S/C8H9N3O3S2/c9-8-10-5-7(15-8)16(12,13)11-4-6-2-1-3-14-6/h1-3,5,11H,4H2,(H2,9,10). The lowest BCUT2D eigenvalue weighted by atomic mass is 10.5. The summed E-state index contributed by atoms with van der Waals surface area (Å²) in [6, 6.07) is 3.37. The van der Waals surface area contributed by atoms with Crippen molar-refractivity contribution in [2.24, 2.45) is 0 Å². The van der Waals surface area contributed by atoms with Crippen molar-refractivity contribution in [3.8, 4) is 0 Å². The molecule has 2 rings (SSSR count). The van der Waals surface area contributed by atoms with E-state index in [0.29, 0.717) is 5.76 Å². The van der Waals surface area contributed by atoms with Crippen LogP contribution in [-0.2, 0) is 16.6 Å². The van der Waals surface area contributed by atoms with Crippen LogP contribution in [0.4, 0.5) is 5.13 Å². The number of nitrogens with two attached hydrogens (primary N) is 1. The Bertz CT molecular complexity index is 559. The van der Waals surface area contributed by atoms with Crippen molar-refractivity contribution < 1.29 is 12.8 Å². The van der Waals surface area contributed by atoms with E-state index in [1.807, 2.05) is 0 Å². The van der Waals surface area contributed by atoms with E-state index in [1.165, 1.54) is 12.5 Å². The van der Waals surface area contributed by atoms with Crippen LogP contribution < -0.4 is 10.5 Å². The maximum atomic E-state index is 11.7. The molecule has 0 atom stereocenters. The number of anilines is 1. The Morgan fingerprint density at radius 1 is 1.56 bits per heavy atom. The second-order valence-corrected chi connectivity index (χ2v) is 5.98. The van der Waals surface area contributed by atoms with Gasteiger partial charge in [0.05, 0.1) is 19.0 Å². The Balaban J connectivity index is 2.09. The zero-order valence-electron chi connectivity index (χ0n) is 8.08. The Morgan fingerprint density at radius 3 is 2.94 bits per heavy atom. The van der Waals surface area contributed by atoms with Crippen LogP contribution in [-0.4, -0.2) is 13.4 Å². The van der Waals surface area contributed by atoms with Gasteiger partial charge in [-0.25, -0.2) is 18.1 Å². The number of rotatable bonds is 4. The third kappa shape index (κ3) is 2.40. The quantitative estimate of drug-likeness (QED) is 0.846. The number of nitrogens with one attached hydrogen (secondary N) is 1. The average molecular weight is 259 g/mol. The number of hydrogen-bond acceptors (Lipinski definition) is 6. The molecule has 0 saturated heterocycles. The second-order valence-electron chi connectivity index (χ2n) is 2.92. The molecule has 3 N–H and O–H groups in total. The molecule has 86 valence electrons. The number of thiazole rings is 1. The largest absolute Gasteiger partial charge is 0.468 e. The third-order valence-corrected chi connectivity index (χ3v) is 4.47. The van der Waals surface area contributed by atoms with E-state index in [1.54, 1.807) is 12.1 Å². The highest BCUT2D eigenvalue weighted by Gasteiger charge is 2.17. The summed E-state index contributed by atoms with van der Waals surface area (Å²) in [6.07, 6.45) is 2.71. The number of aromatic nitrogens is 1. The van der Waals surface area contributed by atoms with Crippen molar-refractivity contribution >= 4 is 26.5 Å². The Morgan fingerprint density at radius 2 is 2.38 bits per heavy atom. The molecule has 0 unspecified atom stereocenters. The van der Waals surface area contributed by atoms with Gasteiger partial charge in [-0.1, -0.05) is 11.3 Å². The lowest BCUT2D eigenvalue weighted by Gasteiger charge is -2.01. The summed E-state index contributed by atoms with van der Waals surface area (Å²) < 4.78 is 30.9. The first-order chi connectivity index (χ1) is 7.58. The monoisotopic (exact) mass is 259 g/mol. The number of sulfonamides is 1. The van der Waals surface area contributed by atoms with Gasteiger partial charge in [-0.2, -0.15) is 0 Å². The van der Waals surface area contributed by atoms with E-state index >= 15 is 0 Å². The Hall–Kier alpha value is -1.38. The number of nitrogens with zero attached hydrogens (tertiary/aromatic N) is 1. The van der Waals surface area contributed by atoms with E-state index in [0.717, 1.165) is 11.3 Å². The average Bonchev–Trinajstić information content (AvgIpc) is 2.85. The van der Waals surface area contributed by atoms with Crippen LogP contribution in [0, 0.1) is 0 Å². The number of furan rings is 1. The van der Waals surface area contributed by atoms with Gasteiger partial charge < -0.3 is 10.2 Å². The summed E-state index contributed by atoms with van der Waals surface area (Å²) in [6.45, 7) is 0.104. The Kier molecular flexibility index (Phi) is 2.95. The van der Waals surface area contributed by atoms with Gasteiger partial charge in [0.1, 0.15) is 5.76 Å². The van der Waals surface area contributed by atoms with Crippen molar-refractivity contribution in [2.75, 3.05) is 5.73 Å². The first-order valence-corrected chi connectivity index (χ1v) is 6.61. The molecule has 0 bridgehead atoms. The second kappa shape index (κ2) is 4.24. The normalized spacial score (nSPS) is 11.8. The predicted octanol–water partition coefficient (Wildman–Crippen LogP) is 0.797. The van der Waals surface area contributed by atoms with Crippen LogP contribution in [0.2, 0.25) is 0 Å². The van der Waals surface area contributed by atoms with Crippen LogP contribution in [0.15, 0.2) is 33.2 Å². The fraction of sp³-hybridized carbons (Fsp3) is 0.125. The molecule has 2 heterocycles. The molecule has 16 heavy (non-hydrogen) atoms. The topological polar surface area (TPSA) is 98.2 Å². The van der Waals surface area contributed by atoms with E-state index in [-0.39, 0.29) is 15.9 Å². The Labute approximate surface area is 96.2 Å². The molecule has 0 spiro atoms. The maximum Gasteiger partial charge on any atom is 0.252 e. The lowest BCUT2D eigenvalue weighted by Crippen LogP contribution is -2.22. The minimum Gasteiger partial charge on any atom is -0.468 e. The van der Waals surface area contributed by atoms with E-state index < -0.39 is 10.0 Å². The minimum absolute atomic E-state index is 0.0940. The van der Waals surface area contributed by atoms with E-state index in [2.05, 4.69) is 9.71 Å². The van der Waals surface area contributed by atoms with Crippen LogP contribution >= 0.6 is 11.3 Å². The molecule has 0 radical (unpaired) electrons. The van der Waals surface area contributed by atoms with Crippen molar-refractivity contribution in [3.63, 3.8) is 0 Å². The molecule has 0 amide bonds. The molecular formula is C8H9N3O3S2. The molecule has 0 aliphatic rings. The van der Waals surface area contributed by atoms with Crippen LogP contribution in [0.25, 0.3) is 0 Å². The summed E-state index contributed by atoms with van der Waals surface area (Å²) in [4.78, 5) is 3.68. The van der Waals surface area contributed by atoms with Crippen molar-refractivity contribution in [1.29, 1.82) is 0 Å². The zero-order valence-corrected chi connectivity index (χ0v) is 9.72. The molecule has 2 aromatic heterocycles. The van der Waals surface area contributed by atoms with Crippen molar-refractivity contribution in [2.45, 2.75) is 10.8 Å². The minimum atomic E-state index is -3.55. The summed E-state index contributed by atoms with van der Waals surface area (Å²) in [5.41, 5.74) is 5.36. The molecule has 0 aliphatic heterocycles. The van der Waals surface area contributed by atoms with Gasteiger partial charge in [-0.3, -0.25) is 0 Å². The van der Waals surface area contributed by atoms with Gasteiger partial charge >= 0.3 is 0 Å². The van der Waals surface area contributed by atoms with Gasteiger partial charge in [0.25, 0.3) is 10.0 Å². The highest BCUT2D eigenvalue weighted by atomic mass is 32.2. The van der Waals surface area contributed by atoms with Gasteiger partial charge in [-0.15, -0.1) is 0 Å². The molecule has 2 aromatic rings. The van der Waals surface area contributed by atoms with Crippen molar-refractivity contribution in [3.05, 3.63) is 30.4 Å². The summed E-state index contributed by atoms with van der Waals surface area (Å²) in [7, 11) is -3.55. The number of hydrogen-bond donors (Lipinski definition) is 2. The van der Waals surface area contributed by atoms with Gasteiger partial charge in [-0.05, 0) is 12.1 Å². The first-order valence-electron chi connectivity index (χ1n) is 4.31. The summed E-state index contributed by atoms with van der Waals surface area (Å²) in [5.74, 6) is 0.543. The van der Waals surface area contributed by atoms with Crippen LogP contribution in [0.5, 0.6) is 0 Å². The fourth-order valence-corrected chi connectivity index (χ4v) is 3.00. The summed E-state index contributed by atoms with van der Waals surface area (Å²) in [5, 5.41) is 0.221. The molecule has 8 heteroatoms. The van der Waals surface area contributed by atoms with Crippen LogP contribution in [0.1, 0.15) is 5.76 Å². The SMILES string of the molecule is Nc1ncc(S(=O)(=O)NCc2ccco2)s1. The maximum absolute atomic E-state index is 11.7. The smallest absolute Gasteiger partial charge is 0.252 e. The van der Waals surface area contributed by atoms with Gasteiger partial charge in [0.2, 0.25) is 0 Å². The van der Waals surface area contributed by atoms with Crippen LogP contribution in [0.3, 0.4) is 0 Å². The number of nitrogen functional groups attached to an aromatic ring is 1. The molecule has 0 aromatic carbocycles. The first kappa shape index (κ1) is 11.1. The van der Waals surface area contributed by atoms with E-state index in [9.17, 15) is 8.42 Å². The van der Waals surface area contributed by atoms with E-state index in [4.69, 9.17) is 10.2 Å². The molecular weight excluding hydrogens is 250 g/mol. The third-order valence-electron chi connectivity index (χ3n) is 1.78. The van der Waals surface area contributed by atoms with Gasteiger partial charge in [0.15, 0.2) is 9.34 Å².